The lowest BCUT2D eigenvalue weighted by atomic mass is 9.61. The second kappa shape index (κ2) is 7.38. The lowest BCUT2D eigenvalue weighted by Crippen LogP contribution is -2.46. The SMILES string of the molecule is C[C@H]1CCC2=C(C3(CC2)SCCS3)[C@@]1(C)[C@@H](O)CCC1OCCCO1. The van der Waals surface area contributed by atoms with Crippen LogP contribution in [-0.2, 0) is 9.47 Å². The molecule has 4 aliphatic rings. The highest BCUT2D eigenvalue weighted by Gasteiger charge is 2.56. The van der Waals surface area contributed by atoms with Crippen molar-refractivity contribution in [1.82, 2.24) is 0 Å². The number of hydrogen-bond acceptors (Lipinski definition) is 5. The lowest BCUT2D eigenvalue weighted by Gasteiger charge is -2.49. The van der Waals surface area contributed by atoms with Crippen LogP contribution >= 0.6 is 23.5 Å². The van der Waals surface area contributed by atoms with E-state index in [1.807, 2.05) is 0 Å². The van der Waals surface area contributed by atoms with Crippen molar-refractivity contribution in [2.45, 2.75) is 75.3 Å². The Balaban J connectivity index is 1.55. The summed E-state index contributed by atoms with van der Waals surface area (Å²) in [6, 6.07) is 0. The average Bonchev–Trinajstić information content (AvgIpc) is 3.25. The molecule has 0 amide bonds. The molecule has 3 nitrogen and oxygen atoms in total. The molecule has 1 N–H and O–H groups in total. The number of allylic oxidation sites excluding steroid dienone is 1. The number of aliphatic hydroxyl groups excluding tert-OH is 1. The highest BCUT2D eigenvalue weighted by Crippen LogP contribution is 2.66. The van der Waals surface area contributed by atoms with Crippen molar-refractivity contribution in [3.8, 4) is 0 Å². The summed E-state index contributed by atoms with van der Waals surface area (Å²) >= 11 is 4.30. The first-order chi connectivity index (χ1) is 12.1. The molecule has 0 unspecified atom stereocenters. The topological polar surface area (TPSA) is 38.7 Å². The third kappa shape index (κ3) is 3.22. The summed E-state index contributed by atoms with van der Waals surface area (Å²) in [4.78, 5) is 0. The van der Waals surface area contributed by atoms with Crippen LogP contribution in [0.15, 0.2) is 11.1 Å². The van der Waals surface area contributed by atoms with E-state index in [0.29, 0.717) is 5.92 Å². The van der Waals surface area contributed by atoms with E-state index in [1.54, 1.807) is 11.1 Å². The Hall–Kier alpha value is 0.320. The van der Waals surface area contributed by atoms with Crippen LogP contribution in [0.5, 0.6) is 0 Å². The summed E-state index contributed by atoms with van der Waals surface area (Å²) in [6.45, 7) is 6.29. The molecule has 2 fully saturated rings. The third-order valence-electron chi connectivity index (χ3n) is 6.95. The van der Waals surface area contributed by atoms with E-state index in [4.69, 9.17) is 9.47 Å². The van der Waals surface area contributed by atoms with Crippen LogP contribution in [0, 0.1) is 11.3 Å². The lowest BCUT2D eigenvalue weighted by molar-refractivity contribution is -0.185. The summed E-state index contributed by atoms with van der Waals surface area (Å²) in [5.41, 5.74) is 3.21. The van der Waals surface area contributed by atoms with Crippen molar-refractivity contribution in [2.75, 3.05) is 24.7 Å². The average molecular weight is 385 g/mol. The van der Waals surface area contributed by atoms with Crippen molar-refractivity contribution in [3.05, 3.63) is 11.1 Å². The third-order valence-corrected chi connectivity index (χ3v) is 10.5. The molecule has 0 bridgehead atoms. The summed E-state index contributed by atoms with van der Waals surface area (Å²) in [5, 5.41) is 11.4. The van der Waals surface area contributed by atoms with E-state index in [-0.39, 0.29) is 21.9 Å². The van der Waals surface area contributed by atoms with Gasteiger partial charge in [0.1, 0.15) is 0 Å². The normalized spacial score (nSPS) is 36.8. The molecule has 0 saturated carbocycles. The smallest absolute Gasteiger partial charge is 0.157 e. The van der Waals surface area contributed by atoms with E-state index in [0.717, 1.165) is 32.5 Å². The fourth-order valence-electron chi connectivity index (χ4n) is 5.35. The van der Waals surface area contributed by atoms with Crippen molar-refractivity contribution >= 4 is 23.5 Å². The van der Waals surface area contributed by atoms with Gasteiger partial charge in [-0.1, -0.05) is 19.4 Å². The van der Waals surface area contributed by atoms with Gasteiger partial charge in [0.15, 0.2) is 6.29 Å². The zero-order chi connectivity index (χ0) is 17.5. The van der Waals surface area contributed by atoms with Crippen LogP contribution in [0.2, 0.25) is 0 Å². The van der Waals surface area contributed by atoms with Gasteiger partial charge in [0.2, 0.25) is 0 Å². The van der Waals surface area contributed by atoms with E-state index >= 15 is 0 Å². The van der Waals surface area contributed by atoms with Crippen molar-refractivity contribution in [1.29, 1.82) is 0 Å². The molecule has 142 valence electrons. The number of fused-ring (bicyclic) bond motifs is 1. The van der Waals surface area contributed by atoms with Gasteiger partial charge in [-0.25, -0.2) is 0 Å². The Morgan fingerprint density at radius 2 is 1.92 bits per heavy atom. The van der Waals surface area contributed by atoms with E-state index in [2.05, 4.69) is 37.4 Å². The zero-order valence-corrected chi connectivity index (χ0v) is 17.2. The monoisotopic (exact) mass is 384 g/mol. The molecule has 2 aliphatic carbocycles. The Morgan fingerprint density at radius 1 is 1.20 bits per heavy atom. The number of aliphatic hydroxyl groups is 1. The van der Waals surface area contributed by atoms with Gasteiger partial charge in [-0.05, 0) is 50.0 Å². The summed E-state index contributed by atoms with van der Waals surface area (Å²) in [5.74, 6) is 3.04. The van der Waals surface area contributed by atoms with Crippen LogP contribution in [0.4, 0.5) is 0 Å². The van der Waals surface area contributed by atoms with Gasteiger partial charge in [0.25, 0.3) is 0 Å². The van der Waals surface area contributed by atoms with Crippen LogP contribution in [0.3, 0.4) is 0 Å². The first-order valence-electron chi connectivity index (χ1n) is 9.98. The maximum absolute atomic E-state index is 11.4. The first kappa shape index (κ1) is 18.7. The standard InChI is InChI=1S/C20H32O3S2/c1-14-4-5-15-8-9-20(24-12-13-25-20)18(15)19(14,2)16(21)6-7-17-22-10-3-11-23-17/h14,16-17,21H,3-13H2,1-2H3/t14-,16-,19+/m0/s1. The summed E-state index contributed by atoms with van der Waals surface area (Å²) in [6.07, 6.45) is 7.13. The summed E-state index contributed by atoms with van der Waals surface area (Å²) in [7, 11) is 0. The Morgan fingerprint density at radius 3 is 2.64 bits per heavy atom. The van der Waals surface area contributed by atoms with Gasteiger partial charge in [0.05, 0.1) is 23.4 Å². The maximum Gasteiger partial charge on any atom is 0.157 e. The van der Waals surface area contributed by atoms with E-state index < -0.39 is 0 Å². The molecule has 2 aliphatic heterocycles. The molecule has 2 heterocycles. The van der Waals surface area contributed by atoms with Crippen molar-refractivity contribution in [2.24, 2.45) is 11.3 Å². The highest BCUT2D eigenvalue weighted by atomic mass is 32.2. The summed E-state index contributed by atoms with van der Waals surface area (Å²) < 4.78 is 11.7. The number of hydrogen-bond donors (Lipinski definition) is 1. The van der Waals surface area contributed by atoms with Gasteiger partial charge in [-0.2, -0.15) is 0 Å². The Kier molecular flexibility index (Phi) is 5.52. The molecular formula is C20H32O3S2. The van der Waals surface area contributed by atoms with E-state index in [9.17, 15) is 5.11 Å². The van der Waals surface area contributed by atoms with Crippen LogP contribution in [0.25, 0.3) is 0 Å². The minimum atomic E-state index is -0.307. The molecule has 0 aromatic heterocycles. The molecule has 4 rings (SSSR count). The maximum atomic E-state index is 11.4. The van der Waals surface area contributed by atoms with Crippen LogP contribution in [0.1, 0.15) is 58.8 Å². The second-order valence-corrected chi connectivity index (χ2v) is 11.3. The fraction of sp³-hybridized carbons (Fsp3) is 0.900. The Bertz CT molecular complexity index is 523. The molecular weight excluding hydrogens is 352 g/mol. The van der Waals surface area contributed by atoms with Gasteiger partial charge >= 0.3 is 0 Å². The number of rotatable bonds is 4. The Labute approximate surface area is 160 Å². The van der Waals surface area contributed by atoms with Gasteiger partial charge in [-0.3, -0.25) is 0 Å². The molecule has 5 heteroatoms. The van der Waals surface area contributed by atoms with Crippen molar-refractivity contribution in [3.63, 3.8) is 0 Å². The predicted molar refractivity (Wildman–Crippen MR) is 106 cm³/mol. The number of ether oxygens (including phenoxy) is 2. The van der Waals surface area contributed by atoms with Gasteiger partial charge in [0, 0.05) is 23.3 Å². The quantitative estimate of drug-likeness (QED) is 0.718. The first-order valence-corrected chi connectivity index (χ1v) is 12.0. The van der Waals surface area contributed by atoms with Gasteiger partial charge in [-0.15, -0.1) is 23.5 Å². The molecule has 0 aromatic carbocycles. The molecule has 1 spiro atoms. The molecule has 3 atom stereocenters. The number of thioether (sulfide) groups is 2. The minimum absolute atomic E-state index is 0.0942. The van der Waals surface area contributed by atoms with Crippen LogP contribution < -0.4 is 0 Å². The largest absolute Gasteiger partial charge is 0.392 e. The molecule has 0 radical (unpaired) electrons. The zero-order valence-electron chi connectivity index (χ0n) is 15.6. The van der Waals surface area contributed by atoms with Crippen LogP contribution in [-0.4, -0.2) is 46.3 Å². The second-order valence-electron chi connectivity index (χ2n) is 8.27. The van der Waals surface area contributed by atoms with E-state index in [1.165, 1.54) is 37.2 Å². The minimum Gasteiger partial charge on any atom is -0.392 e. The molecule has 2 saturated heterocycles. The van der Waals surface area contributed by atoms with Crippen molar-refractivity contribution < 1.29 is 14.6 Å². The molecule has 25 heavy (non-hydrogen) atoms. The highest BCUT2D eigenvalue weighted by molar-refractivity contribution is 8.21. The molecule has 0 aromatic rings. The predicted octanol–water partition coefficient (Wildman–Crippen LogP) is 4.59. The fourth-order valence-corrected chi connectivity index (χ4v) is 9.02. The van der Waals surface area contributed by atoms with Gasteiger partial charge < -0.3 is 14.6 Å².